The van der Waals surface area contributed by atoms with Crippen LogP contribution in [-0.4, -0.2) is 44.8 Å². The Morgan fingerprint density at radius 1 is 1.26 bits per heavy atom. The molecular formula is C27H39N2O2+. The van der Waals surface area contributed by atoms with Gasteiger partial charge in [-0.1, -0.05) is 31.2 Å². The molecule has 2 aliphatic carbocycles. The van der Waals surface area contributed by atoms with Crippen LogP contribution < -0.4 is 9.80 Å². The van der Waals surface area contributed by atoms with E-state index in [4.69, 9.17) is 4.74 Å². The number of piperazine rings is 1. The molecule has 0 spiro atoms. The number of hydrogen-bond donors (Lipinski definition) is 1. The summed E-state index contributed by atoms with van der Waals surface area (Å²) in [5, 5.41) is 0. The predicted molar refractivity (Wildman–Crippen MR) is 124 cm³/mol. The molecule has 1 N–H and O–H groups in total. The number of carbonyl (C=O) groups is 1. The molecule has 2 saturated carbocycles. The summed E-state index contributed by atoms with van der Waals surface area (Å²) < 4.78 is 6.00. The molecule has 31 heavy (non-hydrogen) atoms. The smallest absolute Gasteiger partial charge is 0.315 e. The zero-order valence-corrected chi connectivity index (χ0v) is 19.6. The van der Waals surface area contributed by atoms with Crippen LogP contribution in [0.5, 0.6) is 0 Å². The van der Waals surface area contributed by atoms with Gasteiger partial charge in [0.2, 0.25) is 0 Å². The second-order valence-corrected chi connectivity index (χ2v) is 11.1. The SMILES string of the molecule is C=C1CCC[C@@]2(C)C[C@@H]3OC(=O)[C@@H](C[NH+]4CCN(c5cccc(C)c5C)CC4)[C@H]3C[C@@H]12. The lowest BCUT2D eigenvalue weighted by Crippen LogP contribution is -3.15. The minimum Gasteiger partial charge on any atom is -0.462 e. The van der Waals surface area contributed by atoms with E-state index in [0.29, 0.717) is 11.8 Å². The van der Waals surface area contributed by atoms with Crippen molar-refractivity contribution in [3.63, 3.8) is 0 Å². The standard InChI is InChI=1S/C27H38N2O2/c1-18-7-5-9-24(20(18)3)29-13-11-28(12-14-29)17-22-21-15-23-19(2)8-6-10-27(23,4)16-25(21)31-26(22)30/h5,7,9,21-23,25H,2,6,8,10-17H2,1,3-4H3/p+1/t21-,22+,23+,25+,27+/m1/s1. The van der Waals surface area contributed by atoms with E-state index in [9.17, 15) is 4.79 Å². The first-order valence-corrected chi connectivity index (χ1v) is 12.4. The van der Waals surface area contributed by atoms with Crippen molar-refractivity contribution in [2.45, 2.75) is 59.0 Å². The first-order valence-electron chi connectivity index (χ1n) is 12.4. The topological polar surface area (TPSA) is 34.0 Å². The van der Waals surface area contributed by atoms with Gasteiger partial charge in [0.1, 0.15) is 12.0 Å². The van der Waals surface area contributed by atoms with E-state index in [1.807, 2.05) is 0 Å². The first-order chi connectivity index (χ1) is 14.9. The van der Waals surface area contributed by atoms with Gasteiger partial charge in [0.15, 0.2) is 0 Å². The van der Waals surface area contributed by atoms with Gasteiger partial charge in [-0.25, -0.2) is 0 Å². The molecule has 1 aromatic rings. The minimum absolute atomic E-state index is 0.0755. The number of anilines is 1. The fourth-order valence-corrected chi connectivity index (χ4v) is 7.15. The molecule has 4 nitrogen and oxygen atoms in total. The van der Waals surface area contributed by atoms with E-state index in [0.717, 1.165) is 45.6 Å². The van der Waals surface area contributed by atoms with Crippen LogP contribution in [0.1, 0.15) is 50.2 Å². The van der Waals surface area contributed by atoms with Crippen LogP contribution in [0.3, 0.4) is 0 Å². The minimum atomic E-state index is 0.0755. The van der Waals surface area contributed by atoms with Gasteiger partial charge < -0.3 is 14.5 Å². The van der Waals surface area contributed by atoms with Gasteiger partial charge in [0.05, 0.1) is 32.7 Å². The Morgan fingerprint density at radius 2 is 2.03 bits per heavy atom. The zero-order valence-electron chi connectivity index (χ0n) is 19.6. The number of quaternary nitrogens is 1. The zero-order chi connectivity index (χ0) is 21.8. The van der Waals surface area contributed by atoms with Crippen LogP contribution in [0, 0.1) is 37.0 Å². The van der Waals surface area contributed by atoms with Crippen LogP contribution in [0.15, 0.2) is 30.4 Å². The number of carbonyl (C=O) groups excluding carboxylic acids is 1. The maximum atomic E-state index is 12.9. The summed E-state index contributed by atoms with van der Waals surface area (Å²) in [4.78, 5) is 17.0. The van der Waals surface area contributed by atoms with Crippen molar-refractivity contribution in [2.75, 3.05) is 37.6 Å². The van der Waals surface area contributed by atoms with E-state index >= 15 is 0 Å². The highest BCUT2D eigenvalue weighted by molar-refractivity contribution is 5.75. The molecule has 5 atom stereocenters. The molecule has 4 fully saturated rings. The maximum Gasteiger partial charge on any atom is 0.315 e. The third-order valence-electron chi connectivity index (χ3n) is 9.22. The average Bonchev–Trinajstić information content (AvgIpc) is 3.03. The van der Waals surface area contributed by atoms with Gasteiger partial charge in [0, 0.05) is 11.6 Å². The molecular weight excluding hydrogens is 384 g/mol. The third kappa shape index (κ3) is 3.71. The van der Waals surface area contributed by atoms with Crippen molar-refractivity contribution in [1.29, 1.82) is 0 Å². The molecule has 5 rings (SSSR count). The quantitative estimate of drug-likeness (QED) is 0.598. The number of hydrogen-bond acceptors (Lipinski definition) is 3. The molecule has 2 saturated heterocycles. The van der Waals surface area contributed by atoms with Gasteiger partial charge in [-0.15, -0.1) is 0 Å². The summed E-state index contributed by atoms with van der Waals surface area (Å²) in [7, 11) is 0. The number of nitrogens with one attached hydrogen (secondary N) is 1. The Kier molecular flexibility index (Phi) is 5.40. The van der Waals surface area contributed by atoms with Gasteiger partial charge >= 0.3 is 5.97 Å². The number of benzene rings is 1. The number of allylic oxidation sites excluding steroid dienone is 1. The van der Waals surface area contributed by atoms with Crippen molar-refractivity contribution in [2.24, 2.45) is 23.2 Å². The summed E-state index contributed by atoms with van der Waals surface area (Å²) in [6.45, 7) is 16.5. The Bertz CT molecular complexity index is 872. The highest BCUT2D eigenvalue weighted by atomic mass is 16.6. The number of fused-ring (bicyclic) bond motifs is 2. The highest BCUT2D eigenvalue weighted by Crippen LogP contribution is 2.56. The molecule has 0 radical (unpaired) electrons. The van der Waals surface area contributed by atoms with E-state index in [1.54, 1.807) is 4.90 Å². The molecule has 0 aromatic heterocycles. The van der Waals surface area contributed by atoms with Gasteiger partial charge in [-0.3, -0.25) is 4.79 Å². The Hall–Kier alpha value is -1.81. The van der Waals surface area contributed by atoms with E-state index in [1.165, 1.54) is 41.6 Å². The fourth-order valence-electron chi connectivity index (χ4n) is 7.15. The molecule has 2 aliphatic heterocycles. The second kappa shape index (κ2) is 7.95. The molecule has 0 amide bonds. The number of aryl methyl sites for hydroxylation is 1. The number of rotatable bonds is 3. The van der Waals surface area contributed by atoms with Crippen LogP contribution in [-0.2, 0) is 9.53 Å². The normalized spacial score (nSPS) is 36.2. The van der Waals surface area contributed by atoms with Crippen molar-refractivity contribution in [3.8, 4) is 0 Å². The second-order valence-electron chi connectivity index (χ2n) is 11.1. The molecule has 0 bridgehead atoms. The molecule has 168 valence electrons. The Morgan fingerprint density at radius 3 is 2.81 bits per heavy atom. The summed E-state index contributed by atoms with van der Waals surface area (Å²) in [6.07, 6.45) is 5.96. The van der Waals surface area contributed by atoms with Crippen molar-refractivity contribution in [3.05, 3.63) is 41.5 Å². The summed E-state index contributed by atoms with van der Waals surface area (Å²) in [5.41, 5.74) is 5.85. The van der Waals surface area contributed by atoms with Crippen molar-refractivity contribution < 1.29 is 14.4 Å². The fraction of sp³-hybridized carbons (Fsp3) is 0.667. The van der Waals surface area contributed by atoms with E-state index < -0.39 is 0 Å². The number of esters is 1. The van der Waals surface area contributed by atoms with Crippen LogP contribution in [0.25, 0.3) is 0 Å². The monoisotopic (exact) mass is 423 g/mol. The molecule has 4 heteroatoms. The third-order valence-corrected chi connectivity index (χ3v) is 9.22. The lowest BCUT2D eigenvalue weighted by atomic mass is 9.55. The van der Waals surface area contributed by atoms with Crippen LogP contribution in [0.4, 0.5) is 5.69 Å². The van der Waals surface area contributed by atoms with Crippen molar-refractivity contribution in [1.82, 2.24) is 0 Å². The van der Waals surface area contributed by atoms with Crippen LogP contribution in [0.2, 0.25) is 0 Å². The van der Waals surface area contributed by atoms with Gasteiger partial charge in [0.25, 0.3) is 0 Å². The molecule has 2 heterocycles. The molecule has 1 aromatic carbocycles. The summed E-state index contributed by atoms with van der Waals surface area (Å²) in [6, 6.07) is 6.61. The number of ether oxygens (including phenoxy) is 1. The van der Waals surface area contributed by atoms with Crippen molar-refractivity contribution >= 4 is 11.7 Å². The van der Waals surface area contributed by atoms with E-state index in [-0.39, 0.29) is 23.4 Å². The lowest BCUT2D eigenvalue weighted by molar-refractivity contribution is -0.903. The summed E-state index contributed by atoms with van der Waals surface area (Å²) >= 11 is 0. The average molecular weight is 424 g/mol. The predicted octanol–water partition coefficient (Wildman–Crippen LogP) is 3.32. The lowest BCUT2D eigenvalue weighted by Gasteiger charge is -2.50. The maximum absolute atomic E-state index is 12.9. The Balaban J connectivity index is 1.23. The Labute approximate surface area is 187 Å². The molecule has 4 aliphatic rings. The van der Waals surface area contributed by atoms with Gasteiger partial charge in [-0.2, -0.15) is 0 Å². The largest absolute Gasteiger partial charge is 0.462 e. The van der Waals surface area contributed by atoms with Gasteiger partial charge in [-0.05, 0) is 74.5 Å². The highest BCUT2D eigenvalue weighted by Gasteiger charge is 2.56. The number of nitrogens with zero attached hydrogens (tertiary/aromatic N) is 1. The molecule has 0 unspecified atom stereocenters. The van der Waals surface area contributed by atoms with Crippen LogP contribution >= 0.6 is 0 Å². The summed E-state index contributed by atoms with van der Waals surface area (Å²) in [5.74, 6) is 1.12. The van der Waals surface area contributed by atoms with E-state index in [2.05, 4.69) is 50.4 Å². The first kappa shape index (κ1) is 21.1.